The first-order valence-electron chi connectivity index (χ1n) is 12.9. The molecule has 6 atom stereocenters. The summed E-state index contributed by atoms with van der Waals surface area (Å²) >= 11 is 0. The van der Waals surface area contributed by atoms with Gasteiger partial charge in [-0.15, -0.1) is 0 Å². The fourth-order valence-corrected chi connectivity index (χ4v) is 8.24. The molecule has 33 heavy (non-hydrogen) atoms. The molecular formula is C29H40N2O2. The van der Waals surface area contributed by atoms with Gasteiger partial charge in [0.25, 0.3) is 0 Å². The Hall–Kier alpha value is -2.10. The second-order valence-corrected chi connectivity index (χ2v) is 12.3. The van der Waals surface area contributed by atoms with E-state index >= 15 is 0 Å². The van der Waals surface area contributed by atoms with E-state index < -0.39 is 11.5 Å². The van der Waals surface area contributed by atoms with Gasteiger partial charge in [0, 0.05) is 18.2 Å². The maximum Gasteiger partial charge on any atom is 0.239 e. The molecule has 1 aromatic carbocycles. The van der Waals surface area contributed by atoms with Crippen LogP contribution in [-0.2, 0) is 15.1 Å². The molecule has 4 nitrogen and oxygen atoms in total. The van der Waals surface area contributed by atoms with E-state index in [9.17, 15) is 9.59 Å². The predicted octanol–water partition coefficient (Wildman–Crippen LogP) is 5.64. The number of carbonyl (C=O) groups is 2. The summed E-state index contributed by atoms with van der Waals surface area (Å²) in [7, 11) is 1.89. The van der Waals surface area contributed by atoms with Crippen LogP contribution >= 0.6 is 0 Å². The van der Waals surface area contributed by atoms with Gasteiger partial charge in [-0.25, -0.2) is 0 Å². The fourth-order valence-electron chi connectivity index (χ4n) is 8.24. The number of hydrogen-bond donors (Lipinski definition) is 1. The number of amides is 2. The molecule has 1 aliphatic heterocycles. The van der Waals surface area contributed by atoms with Gasteiger partial charge in [0.1, 0.15) is 5.92 Å². The van der Waals surface area contributed by atoms with Crippen molar-refractivity contribution in [2.75, 3.05) is 7.05 Å². The minimum Gasteiger partial charge on any atom is -0.346 e. The lowest BCUT2D eigenvalue weighted by molar-refractivity contribution is -0.149. The zero-order valence-corrected chi connectivity index (χ0v) is 21.0. The monoisotopic (exact) mass is 448 g/mol. The Morgan fingerprint density at radius 1 is 1.09 bits per heavy atom. The summed E-state index contributed by atoms with van der Waals surface area (Å²) in [5, 5.41) is 3.22. The number of rotatable bonds is 3. The lowest BCUT2D eigenvalue weighted by Gasteiger charge is -2.58. The van der Waals surface area contributed by atoms with Crippen LogP contribution in [0.5, 0.6) is 0 Å². The van der Waals surface area contributed by atoms with Gasteiger partial charge < -0.3 is 10.2 Å². The molecule has 1 heterocycles. The largest absolute Gasteiger partial charge is 0.346 e. The highest BCUT2D eigenvalue weighted by molar-refractivity contribution is 6.02. The molecule has 5 rings (SSSR count). The second kappa shape index (κ2) is 7.71. The van der Waals surface area contributed by atoms with E-state index in [0.717, 1.165) is 17.9 Å². The molecule has 1 N–H and O–H groups in total. The quantitative estimate of drug-likeness (QED) is 0.608. The Kier molecular flexibility index (Phi) is 5.30. The van der Waals surface area contributed by atoms with Crippen molar-refractivity contribution in [2.45, 2.75) is 78.2 Å². The molecule has 0 spiro atoms. The minimum absolute atomic E-state index is 0.0555. The van der Waals surface area contributed by atoms with E-state index in [1.54, 1.807) is 0 Å². The van der Waals surface area contributed by atoms with E-state index in [1.165, 1.54) is 37.8 Å². The molecule has 4 aliphatic rings. The lowest BCUT2D eigenvalue weighted by atomic mass is 9.49. The third-order valence-electron chi connectivity index (χ3n) is 10.1. The number of hydrogen-bond acceptors (Lipinski definition) is 2. The highest BCUT2D eigenvalue weighted by Crippen LogP contribution is 2.64. The zero-order chi connectivity index (χ0) is 23.6. The molecule has 0 aromatic heterocycles. The highest BCUT2D eigenvalue weighted by Gasteiger charge is 2.59. The third kappa shape index (κ3) is 3.47. The number of likely N-dealkylation sites (tertiary alicyclic amines) is 1. The predicted molar refractivity (Wildman–Crippen MR) is 131 cm³/mol. The van der Waals surface area contributed by atoms with Crippen molar-refractivity contribution < 1.29 is 9.59 Å². The third-order valence-corrected chi connectivity index (χ3v) is 10.1. The van der Waals surface area contributed by atoms with Crippen LogP contribution in [0.4, 0.5) is 0 Å². The average Bonchev–Trinajstić information content (AvgIpc) is 3.18. The van der Waals surface area contributed by atoms with Gasteiger partial charge in [-0.3, -0.25) is 9.59 Å². The molecule has 2 saturated carbocycles. The SMILES string of the molecule is CN1C(=O)C(C(=O)NC(C)(C)c2ccccc2)C[C@@]2(C)C1=CC[C@@H]1[C@H]2CC[C@]2(C)CCC[C@@H]12. The molecule has 3 fully saturated rings. The van der Waals surface area contributed by atoms with E-state index in [2.05, 4.69) is 25.2 Å². The number of piperidine rings is 1. The second-order valence-electron chi connectivity index (χ2n) is 12.3. The smallest absolute Gasteiger partial charge is 0.239 e. The van der Waals surface area contributed by atoms with Gasteiger partial charge in [0.2, 0.25) is 11.8 Å². The van der Waals surface area contributed by atoms with Gasteiger partial charge in [-0.05, 0) is 81.1 Å². The van der Waals surface area contributed by atoms with E-state index in [0.29, 0.717) is 23.7 Å². The standard InChI is InChI=1S/C29H40N2O2/c1-27(2,19-10-7-6-8-11-19)30-25(32)21-18-29(4)23-15-17-28(3)16-9-12-22(28)20(23)13-14-24(29)31(5)26(21)33/h6-8,10-11,14,20-23H,9,12-13,15-18H2,1-5H3,(H,30,32)/t20-,21?,22-,23+,28-,29+/m0/s1. The van der Waals surface area contributed by atoms with Crippen LogP contribution < -0.4 is 5.32 Å². The van der Waals surface area contributed by atoms with Gasteiger partial charge >= 0.3 is 0 Å². The van der Waals surface area contributed by atoms with Gasteiger partial charge in [-0.1, -0.05) is 56.7 Å². The van der Waals surface area contributed by atoms with Crippen LogP contribution in [0, 0.1) is 34.5 Å². The Morgan fingerprint density at radius 2 is 1.82 bits per heavy atom. The molecule has 0 radical (unpaired) electrons. The number of allylic oxidation sites excluding steroid dienone is 2. The molecule has 4 heteroatoms. The summed E-state index contributed by atoms with van der Waals surface area (Å²) in [6.07, 6.45) is 10.6. The summed E-state index contributed by atoms with van der Waals surface area (Å²) in [6, 6.07) is 10.0. The minimum atomic E-state index is -0.629. The number of nitrogens with zero attached hydrogens (tertiary/aromatic N) is 1. The van der Waals surface area contributed by atoms with Crippen LogP contribution in [0.3, 0.4) is 0 Å². The Morgan fingerprint density at radius 3 is 2.55 bits per heavy atom. The summed E-state index contributed by atoms with van der Waals surface area (Å²) in [5.74, 6) is 1.21. The molecule has 3 aliphatic carbocycles. The van der Waals surface area contributed by atoms with Crippen molar-refractivity contribution in [2.24, 2.45) is 34.5 Å². The summed E-state index contributed by atoms with van der Waals surface area (Å²) in [5.41, 5.74) is 2.07. The Balaban J connectivity index is 1.42. The van der Waals surface area contributed by atoms with Gasteiger partial charge in [0.05, 0.1) is 5.54 Å². The van der Waals surface area contributed by atoms with Crippen LogP contribution in [0.1, 0.15) is 78.2 Å². The van der Waals surface area contributed by atoms with Gasteiger partial charge in [0.15, 0.2) is 0 Å². The highest BCUT2D eigenvalue weighted by atomic mass is 16.2. The van der Waals surface area contributed by atoms with Crippen molar-refractivity contribution in [1.82, 2.24) is 10.2 Å². The number of benzene rings is 1. The van der Waals surface area contributed by atoms with Crippen molar-refractivity contribution >= 4 is 11.8 Å². The Bertz CT molecular complexity index is 983. The van der Waals surface area contributed by atoms with Crippen molar-refractivity contribution in [1.29, 1.82) is 0 Å². The molecule has 0 bridgehead atoms. The van der Waals surface area contributed by atoms with Crippen LogP contribution in [0.25, 0.3) is 0 Å². The molecule has 1 saturated heterocycles. The maximum absolute atomic E-state index is 13.6. The van der Waals surface area contributed by atoms with Crippen LogP contribution in [0.15, 0.2) is 42.1 Å². The molecule has 1 aromatic rings. The summed E-state index contributed by atoms with van der Waals surface area (Å²) in [6.45, 7) is 8.89. The van der Waals surface area contributed by atoms with E-state index in [-0.39, 0.29) is 17.2 Å². The normalized spacial score (nSPS) is 38.2. The van der Waals surface area contributed by atoms with E-state index in [4.69, 9.17) is 0 Å². The number of carbonyl (C=O) groups excluding carboxylic acids is 2. The molecular weight excluding hydrogens is 408 g/mol. The van der Waals surface area contributed by atoms with Crippen molar-refractivity contribution in [3.8, 4) is 0 Å². The number of nitrogens with one attached hydrogen (secondary N) is 1. The topological polar surface area (TPSA) is 49.4 Å². The van der Waals surface area contributed by atoms with Crippen LogP contribution in [0.2, 0.25) is 0 Å². The average molecular weight is 449 g/mol. The molecule has 1 unspecified atom stereocenters. The van der Waals surface area contributed by atoms with Crippen molar-refractivity contribution in [3.05, 3.63) is 47.7 Å². The lowest BCUT2D eigenvalue weighted by Crippen LogP contribution is -2.58. The summed E-state index contributed by atoms with van der Waals surface area (Å²) < 4.78 is 0. The maximum atomic E-state index is 13.6. The Labute approximate surface area is 199 Å². The zero-order valence-electron chi connectivity index (χ0n) is 21.0. The first-order chi connectivity index (χ1) is 15.6. The first kappa shape index (κ1) is 22.7. The van der Waals surface area contributed by atoms with Crippen LogP contribution in [-0.4, -0.2) is 23.8 Å². The van der Waals surface area contributed by atoms with E-state index in [1.807, 2.05) is 56.1 Å². The molecule has 2 amide bonds. The van der Waals surface area contributed by atoms with Gasteiger partial charge in [-0.2, -0.15) is 0 Å². The van der Waals surface area contributed by atoms with Crippen molar-refractivity contribution in [3.63, 3.8) is 0 Å². The fraction of sp³-hybridized carbons (Fsp3) is 0.655. The molecule has 178 valence electrons. The summed E-state index contributed by atoms with van der Waals surface area (Å²) in [4.78, 5) is 28.8. The number of fused-ring (bicyclic) bond motifs is 5. The first-order valence-corrected chi connectivity index (χ1v) is 12.9.